The number of nitrogens with zero attached hydrogens (tertiary/aromatic N) is 2. The first-order valence-corrected chi connectivity index (χ1v) is 5.86. The summed E-state index contributed by atoms with van der Waals surface area (Å²) in [5.41, 5.74) is 2.27. The van der Waals surface area contributed by atoms with E-state index in [-0.39, 0.29) is 0 Å². The molecule has 4 nitrogen and oxygen atoms in total. The van der Waals surface area contributed by atoms with Gasteiger partial charge in [0, 0.05) is 13.0 Å². The lowest BCUT2D eigenvalue weighted by molar-refractivity contribution is 0.0697. The number of carboxylic acids is 1. The molecular formula is C14H16N2O2. The quantitative estimate of drug-likeness (QED) is 0.903. The number of rotatable bonds is 3. The van der Waals surface area contributed by atoms with Crippen LogP contribution in [0.25, 0.3) is 11.3 Å². The molecular weight excluding hydrogens is 228 g/mol. The molecule has 0 fully saturated rings. The Kier molecular flexibility index (Phi) is 3.19. The van der Waals surface area contributed by atoms with Crippen LogP contribution in [-0.2, 0) is 7.05 Å². The van der Waals surface area contributed by atoms with Crippen LogP contribution in [0.15, 0.2) is 30.5 Å². The first kappa shape index (κ1) is 12.4. The molecule has 0 bridgehead atoms. The average molecular weight is 244 g/mol. The van der Waals surface area contributed by atoms with Gasteiger partial charge in [0.1, 0.15) is 5.82 Å². The molecule has 0 unspecified atom stereocenters. The largest absolute Gasteiger partial charge is 0.478 e. The van der Waals surface area contributed by atoms with Crippen molar-refractivity contribution in [3.63, 3.8) is 0 Å². The number of carbonyl (C=O) groups is 1. The van der Waals surface area contributed by atoms with E-state index in [0.717, 1.165) is 17.1 Å². The van der Waals surface area contributed by atoms with E-state index in [1.165, 1.54) is 0 Å². The van der Waals surface area contributed by atoms with Crippen LogP contribution < -0.4 is 0 Å². The molecule has 94 valence electrons. The smallest absolute Gasteiger partial charge is 0.335 e. The van der Waals surface area contributed by atoms with Gasteiger partial charge in [-0.25, -0.2) is 9.78 Å². The summed E-state index contributed by atoms with van der Waals surface area (Å²) in [5, 5.41) is 8.86. The summed E-state index contributed by atoms with van der Waals surface area (Å²) in [5.74, 6) is 0.476. The Bertz CT molecular complexity index is 568. The molecule has 0 saturated heterocycles. The van der Waals surface area contributed by atoms with Crippen molar-refractivity contribution in [1.29, 1.82) is 0 Å². The van der Waals surface area contributed by atoms with E-state index in [1.54, 1.807) is 12.1 Å². The number of aromatic carboxylic acids is 1. The Balaban J connectivity index is 2.40. The standard InChI is InChI=1S/C14H16N2O2/c1-9(2)13-15-8-12(16(13)3)10-4-6-11(7-5-10)14(17)18/h4-9H,1-3H3,(H,17,18). The zero-order chi connectivity index (χ0) is 13.3. The SMILES string of the molecule is CC(C)c1ncc(-c2ccc(C(=O)O)cc2)n1C. The van der Waals surface area contributed by atoms with E-state index in [1.807, 2.05) is 29.9 Å². The van der Waals surface area contributed by atoms with Crippen molar-refractivity contribution in [1.82, 2.24) is 9.55 Å². The normalized spacial score (nSPS) is 10.9. The average Bonchev–Trinajstić information content (AvgIpc) is 2.71. The Labute approximate surface area is 106 Å². The Hall–Kier alpha value is -2.10. The molecule has 18 heavy (non-hydrogen) atoms. The van der Waals surface area contributed by atoms with Crippen LogP contribution in [0.3, 0.4) is 0 Å². The summed E-state index contributed by atoms with van der Waals surface area (Å²) in [6.45, 7) is 4.19. The molecule has 2 aromatic rings. The maximum Gasteiger partial charge on any atom is 0.335 e. The van der Waals surface area contributed by atoms with Crippen molar-refractivity contribution >= 4 is 5.97 Å². The Morgan fingerprint density at radius 1 is 1.28 bits per heavy atom. The lowest BCUT2D eigenvalue weighted by atomic mass is 10.1. The summed E-state index contributed by atoms with van der Waals surface area (Å²) in [4.78, 5) is 15.2. The molecule has 0 spiro atoms. The van der Waals surface area contributed by atoms with Gasteiger partial charge >= 0.3 is 5.97 Å². The predicted molar refractivity (Wildman–Crippen MR) is 69.7 cm³/mol. The Morgan fingerprint density at radius 2 is 1.89 bits per heavy atom. The van der Waals surface area contributed by atoms with Crippen LogP contribution in [0.4, 0.5) is 0 Å². The van der Waals surface area contributed by atoms with Crippen molar-refractivity contribution in [2.24, 2.45) is 7.05 Å². The molecule has 1 aromatic carbocycles. The molecule has 1 aromatic heterocycles. The highest BCUT2D eigenvalue weighted by Gasteiger charge is 2.11. The summed E-state index contributed by atoms with van der Waals surface area (Å²) in [6, 6.07) is 6.84. The summed E-state index contributed by atoms with van der Waals surface area (Å²) in [7, 11) is 1.97. The first-order chi connectivity index (χ1) is 8.50. The van der Waals surface area contributed by atoms with Crippen LogP contribution in [0.1, 0.15) is 35.9 Å². The molecule has 0 radical (unpaired) electrons. The number of carboxylic acid groups (broad SMARTS) is 1. The van der Waals surface area contributed by atoms with E-state index in [2.05, 4.69) is 18.8 Å². The van der Waals surface area contributed by atoms with E-state index < -0.39 is 5.97 Å². The van der Waals surface area contributed by atoms with Crippen molar-refractivity contribution in [3.05, 3.63) is 41.9 Å². The molecule has 1 heterocycles. The van der Waals surface area contributed by atoms with Gasteiger partial charge in [-0.1, -0.05) is 26.0 Å². The fraction of sp³-hybridized carbons (Fsp3) is 0.286. The van der Waals surface area contributed by atoms with Gasteiger partial charge < -0.3 is 9.67 Å². The number of benzene rings is 1. The zero-order valence-corrected chi connectivity index (χ0v) is 10.7. The van der Waals surface area contributed by atoms with Gasteiger partial charge in [0.15, 0.2) is 0 Å². The van der Waals surface area contributed by atoms with E-state index >= 15 is 0 Å². The van der Waals surface area contributed by atoms with Gasteiger partial charge in [0.05, 0.1) is 17.5 Å². The second-order valence-electron chi connectivity index (χ2n) is 4.60. The predicted octanol–water partition coefficient (Wildman–Crippen LogP) is 2.91. The highest BCUT2D eigenvalue weighted by molar-refractivity contribution is 5.88. The molecule has 0 atom stereocenters. The minimum absolute atomic E-state index is 0.296. The third-order valence-electron chi connectivity index (χ3n) is 2.97. The highest BCUT2D eigenvalue weighted by Crippen LogP contribution is 2.23. The lowest BCUT2D eigenvalue weighted by Gasteiger charge is -2.08. The lowest BCUT2D eigenvalue weighted by Crippen LogP contribution is -2.01. The molecule has 0 aliphatic rings. The Morgan fingerprint density at radius 3 is 2.33 bits per heavy atom. The third kappa shape index (κ3) is 2.14. The van der Waals surface area contributed by atoms with E-state index in [0.29, 0.717) is 11.5 Å². The van der Waals surface area contributed by atoms with Crippen molar-refractivity contribution < 1.29 is 9.90 Å². The summed E-state index contributed by atoms with van der Waals surface area (Å²) >= 11 is 0. The summed E-state index contributed by atoms with van der Waals surface area (Å²) in [6.07, 6.45) is 1.82. The number of aromatic nitrogens is 2. The number of imidazole rings is 1. The van der Waals surface area contributed by atoms with Crippen LogP contribution in [0.5, 0.6) is 0 Å². The fourth-order valence-electron chi connectivity index (χ4n) is 2.01. The monoisotopic (exact) mass is 244 g/mol. The second-order valence-corrected chi connectivity index (χ2v) is 4.60. The van der Waals surface area contributed by atoms with Crippen LogP contribution in [0, 0.1) is 0 Å². The number of hydrogen-bond acceptors (Lipinski definition) is 2. The number of hydrogen-bond donors (Lipinski definition) is 1. The maximum atomic E-state index is 10.8. The molecule has 0 amide bonds. The molecule has 0 aliphatic carbocycles. The van der Waals surface area contributed by atoms with Gasteiger partial charge in [-0.2, -0.15) is 0 Å². The maximum absolute atomic E-state index is 10.8. The fourth-order valence-corrected chi connectivity index (χ4v) is 2.01. The minimum Gasteiger partial charge on any atom is -0.478 e. The van der Waals surface area contributed by atoms with Gasteiger partial charge in [-0.3, -0.25) is 0 Å². The van der Waals surface area contributed by atoms with Crippen LogP contribution in [0.2, 0.25) is 0 Å². The minimum atomic E-state index is -0.908. The van der Waals surface area contributed by atoms with E-state index in [9.17, 15) is 4.79 Å². The molecule has 1 N–H and O–H groups in total. The van der Waals surface area contributed by atoms with Crippen molar-refractivity contribution in [2.75, 3.05) is 0 Å². The van der Waals surface area contributed by atoms with Gasteiger partial charge in [-0.05, 0) is 17.7 Å². The van der Waals surface area contributed by atoms with Gasteiger partial charge in [0.25, 0.3) is 0 Å². The highest BCUT2D eigenvalue weighted by atomic mass is 16.4. The molecule has 0 saturated carbocycles. The second kappa shape index (κ2) is 4.64. The van der Waals surface area contributed by atoms with Crippen LogP contribution >= 0.6 is 0 Å². The van der Waals surface area contributed by atoms with Crippen LogP contribution in [-0.4, -0.2) is 20.6 Å². The topological polar surface area (TPSA) is 55.1 Å². The van der Waals surface area contributed by atoms with Crippen molar-refractivity contribution in [3.8, 4) is 11.3 Å². The zero-order valence-electron chi connectivity index (χ0n) is 10.7. The summed E-state index contributed by atoms with van der Waals surface area (Å²) < 4.78 is 2.04. The molecule has 2 rings (SSSR count). The first-order valence-electron chi connectivity index (χ1n) is 5.86. The third-order valence-corrected chi connectivity index (χ3v) is 2.97. The van der Waals surface area contributed by atoms with E-state index in [4.69, 9.17) is 5.11 Å². The van der Waals surface area contributed by atoms with Gasteiger partial charge in [0.2, 0.25) is 0 Å². The molecule has 0 aliphatic heterocycles. The molecule has 4 heteroatoms. The van der Waals surface area contributed by atoms with Gasteiger partial charge in [-0.15, -0.1) is 0 Å². The van der Waals surface area contributed by atoms with Crippen molar-refractivity contribution in [2.45, 2.75) is 19.8 Å².